The van der Waals surface area contributed by atoms with E-state index in [1.54, 1.807) is 13.8 Å². The molecule has 4 rings (SSSR count). The first-order chi connectivity index (χ1) is 15.0. The lowest BCUT2D eigenvalue weighted by Crippen LogP contribution is -2.59. The monoisotopic (exact) mass is 447 g/mol. The van der Waals surface area contributed by atoms with Gasteiger partial charge in [-0.3, -0.25) is 19.2 Å². The van der Waals surface area contributed by atoms with Gasteiger partial charge in [0.2, 0.25) is 5.78 Å². The van der Waals surface area contributed by atoms with Crippen molar-refractivity contribution in [2.45, 2.75) is 52.2 Å². The Morgan fingerprint density at radius 2 is 1.94 bits per heavy atom. The third kappa shape index (κ3) is 2.83. The fraction of sp³-hybridized carbons (Fsp3) is 0.652. The molecule has 0 amide bonds. The molecular weight excluding hydrogens is 418 g/mol. The van der Waals surface area contributed by atoms with Crippen LogP contribution in [0.5, 0.6) is 0 Å². The van der Waals surface area contributed by atoms with E-state index in [9.17, 15) is 24.3 Å². The van der Waals surface area contributed by atoms with E-state index in [0.717, 1.165) is 0 Å². The zero-order valence-electron chi connectivity index (χ0n) is 18.7. The molecule has 2 fully saturated rings. The number of hydrogen-bond donors (Lipinski definition) is 2. The van der Waals surface area contributed by atoms with Crippen LogP contribution in [0.3, 0.4) is 0 Å². The van der Waals surface area contributed by atoms with Crippen LogP contribution >= 0.6 is 0 Å². The van der Waals surface area contributed by atoms with Gasteiger partial charge in [0, 0.05) is 55.9 Å². The highest BCUT2D eigenvalue weighted by molar-refractivity contribution is 6.12. The molecule has 1 unspecified atom stereocenters. The smallest absolute Gasteiger partial charge is 0.314 e. The van der Waals surface area contributed by atoms with Crippen LogP contribution in [0.4, 0.5) is 0 Å². The molecule has 9 nitrogen and oxygen atoms in total. The normalized spacial score (nSPS) is 38.8. The van der Waals surface area contributed by atoms with E-state index in [1.165, 1.54) is 14.0 Å². The van der Waals surface area contributed by atoms with E-state index in [0.29, 0.717) is 18.4 Å². The van der Waals surface area contributed by atoms with Gasteiger partial charge in [0.05, 0.1) is 17.9 Å². The molecule has 6 atom stereocenters. The van der Waals surface area contributed by atoms with Crippen molar-refractivity contribution < 1.29 is 38.5 Å². The van der Waals surface area contributed by atoms with Gasteiger partial charge in [-0.2, -0.15) is 0 Å². The third-order valence-electron chi connectivity index (χ3n) is 7.87. The maximum Gasteiger partial charge on any atom is 0.314 e. The number of aliphatic hydroxyl groups is 1. The number of rotatable bonds is 4. The second kappa shape index (κ2) is 7.52. The standard InChI is InChI=1S/C23H29NO8/c1-10(25)31-13-7-22(2)12(5-6-14(22)26)16-18(13)23(3)15(9-30-4)32-21(29)11(8-24)17(23)20(28)19(16)27/h11-13,15,28H,5-9,24H2,1-4H3/t11?,12-,13+,15+,22-,23-/m0/s1. The molecule has 0 aromatic rings. The molecule has 9 heteroatoms. The minimum Gasteiger partial charge on any atom is -0.504 e. The summed E-state index contributed by atoms with van der Waals surface area (Å²) in [4.78, 5) is 51.2. The zero-order valence-corrected chi connectivity index (χ0v) is 18.7. The van der Waals surface area contributed by atoms with Gasteiger partial charge >= 0.3 is 11.9 Å². The number of carbonyl (C=O) groups excluding carboxylic acids is 4. The molecule has 1 saturated carbocycles. The summed E-state index contributed by atoms with van der Waals surface area (Å²) < 4.78 is 16.7. The SMILES string of the molecule is COC[C@H]1OC(=O)C(CN)C2=C(O)C(=O)C3=C([C@H](OC(C)=O)C[C@]4(C)C(=O)CC[C@@H]34)[C@]21C. The number of fused-ring (bicyclic) bond motifs is 4. The summed E-state index contributed by atoms with van der Waals surface area (Å²) in [6, 6.07) is 0. The van der Waals surface area contributed by atoms with Crippen LogP contribution in [0.15, 0.2) is 22.5 Å². The van der Waals surface area contributed by atoms with Crippen molar-refractivity contribution in [1.82, 2.24) is 0 Å². The summed E-state index contributed by atoms with van der Waals surface area (Å²) >= 11 is 0. The van der Waals surface area contributed by atoms with Crippen LogP contribution in [-0.4, -0.2) is 61.1 Å². The molecule has 1 aliphatic heterocycles. The van der Waals surface area contributed by atoms with E-state index in [1.807, 2.05) is 0 Å². The number of nitrogens with two attached hydrogens (primary N) is 1. The van der Waals surface area contributed by atoms with Crippen molar-refractivity contribution in [2.24, 2.45) is 28.4 Å². The number of methoxy groups -OCH3 is 1. The zero-order chi connectivity index (χ0) is 23.6. The largest absolute Gasteiger partial charge is 0.504 e. The molecule has 4 aliphatic rings. The number of hydrogen-bond acceptors (Lipinski definition) is 9. The minimum absolute atomic E-state index is 0.00164. The van der Waals surface area contributed by atoms with Crippen molar-refractivity contribution in [3.63, 3.8) is 0 Å². The number of esters is 2. The van der Waals surface area contributed by atoms with Gasteiger partial charge in [0.1, 0.15) is 18.0 Å². The van der Waals surface area contributed by atoms with E-state index in [2.05, 4.69) is 0 Å². The van der Waals surface area contributed by atoms with Gasteiger partial charge in [-0.05, 0) is 18.9 Å². The van der Waals surface area contributed by atoms with Crippen LogP contribution in [0.2, 0.25) is 0 Å². The summed E-state index contributed by atoms with van der Waals surface area (Å²) in [6.45, 7) is 4.64. The summed E-state index contributed by atoms with van der Waals surface area (Å²) in [5, 5.41) is 11.1. The summed E-state index contributed by atoms with van der Waals surface area (Å²) in [6.07, 6.45) is -0.795. The second-order valence-electron chi connectivity index (χ2n) is 9.52. The van der Waals surface area contributed by atoms with Gasteiger partial charge in [-0.1, -0.05) is 6.92 Å². The van der Waals surface area contributed by atoms with E-state index >= 15 is 0 Å². The Bertz CT molecular complexity index is 980. The maximum atomic E-state index is 13.6. The first-order valence-electron chi connectivity index (χ1n) is 10.8. The highest BCUT2D eigenvalue weighted by atomic mass is 16.6. The highest BCUT2D eigenvalue weighted by Gasteiger charge is 2.65. The number of Topliss-reactive ketones (excluding diaryl/α,β-unsaturated/α-hetero) is 2. The van der Waals surface area contributed by atoms with E-state index in [4.69, 9.17) is 19.9 Å². The lowest BCUT2D eigenvalue weighted by Gasteiger charge is -2.54. The Balaban J connectivity index is 2.02. The van der Waals surface area contributed by atoms with Crippen LogP contribution in [0.1, 0.15) is 40.0 Å². The molecule has 0 bridgehead atoms. The number of ketones is 2. The molecule has 0 aromatic heterocycles. The summed E-state index contributed by atoms with van der Waals surface area (Å²) in [7, 11) is 1.45. The van der Waals surface area contributed by atoms with Crippen LogP contribution in [-0.2, 0) is 33.4 Å². The van der Waals surface area contributed by atoms with E-state index in [-0.39, 0.29) is 36.5 Å². The van der Waals surface area contributed by atoms with Crippen molar-refractivity contribution in [3.8, 4) is 0 Å². The predicted octanol–water partition coefficient (Wildman–Crippen LogP) is 1.15. The Hall–Kier alpha value is -2.52. The first-order valence-corrected chi connectivity index (χ1v) is 10.8. The predicted molar refractivity (Wildman–Crippen MR) is 110 cm³/mol. The fourth-order valence-electron chi connectivity index (χ4n) is 6.38. The van der Waals surface area contributed by atoms with Crippen molar-refractivity contribution in [2.75, 3.05) is 20.3 Å². The second-order valence-corrected chi connectivity index (χ2v) is 9.52. The van der Waals surface area contributed by atoms with Gasteiger partial charge in [0.15, 0.2) is 5.76 Å². The van der Waals surface area contributed by atoms with Crippen LogP contribution in [0, 0.1) is 22.7 Å². The average Bonchev–Trinajstić information content (AvgIpc) is 3.01. The molecule has 0 spiro atoms. The molecule has 32 heavy (non-hydrogen) atoms. The quantitative estimate of drug-likeness (QED) is 0.607. The molecule has 3 N–H and O–H groups in total. The minimum atomic E-state index is -1.19. The number of aliphatic hydroxyl groups excluding tert-OH is 1. The van der Waals surface area contributed by atoms with Crippen molar-refractivity contribution >= 4 is 23.5 Å². The lowest BCUT2D eigenvalue weighted by atomic mass is 9.53. The molecule has 0 aromatic carbocycles. The van der Waals surface area contributed by atoms with E-state index < -0.39 is 58.4 Å². The molecular formula is C23H29NO8. The highest BCUT2D eigenvalue weighted by Crippen LogP contribution is 2.62. The number of allylic oxidation sites excluding steroid dienone is 1. The maximum absolute atomic E-state index is 13.6. The van der Waals surface area contributed by atoms with Crippen LogP contribution < -0.4 is 5.73 Å². The summed E-state index contributed by atoms with van der Waals surface area (Å²) in [5.41, 5.74) is 4.73. The Labute approximate surface area is 185 Å². The molecule has 1 saturated heterocycles. The average molecular weight is 447 g/mol. The lowest BCUT2D eigenvalue weighted by molar-refractivity contribution is -0.171. The van der Waals surface area contributed by atoms with Gasteiger partial charge in [-0.25, -0.2) is 0 Å². The molecule has 0 radical (unpaired) electrons. The Kier molecular flexibility index (Phi) is 5.33. The fourth-order valence-corrected chi connectivity index (χ4v) is 6.38. The molecule has 1 heterocycles. The Morgan fingerprint density at radius 3 is 2.53 bits per heavy atom. The number of carbonyl (C=O) groups is 4. The topological polar surface area (TPSA) is 142 Å². The van der Waals surface area contributed by atoms with Gasteiger partial charge in [0.25, 0.3) is 0 Å². The number of ether oxygens (including phenoxy) is 3. The van der Waals surface area contributed by atoms with Crippen LogP contribution in [0.25, 0.3) is 0 Å². The molecule has 174 valence electrons. The first kappa shape index (κ1) is 22.7. The van der Waals surface area contributed by atoms with Gasteiger partial charge in [-0.15, -0.1) is 0 Å². The molecule has 3 aliphatic carbocycles. The Morgan fingerprint density at radius 1 is 1.25 bits per heavy atom. The number of cyclic esters (lactones) is 1. The van der Waals surface area contributed by atoms with Gasteiger partial charge < -0.3 is 25.1 Å². The van der Waals surface area contributed by atoms with Crippen molar-refractivity contribution in [3.05, 3.63) is 22.5 Å². The summed E-state index contributed by atoms with van der Waals surface area (Å²) in [5.74, 6) is -3.83. The third-order valence-corrected chi connectivity index (χ3v) is 7.87. The van der Waals surface area contributed by atoms with Crippen molar-refractivity contribution in [1.29, 1.82) is 0 Å².